The van der Waals surface area contributed by atoms with E-state index in [2.05, 4.69) is 41.7 Å². The van der Waals surface area contributed by atoms with E-state index in [9.17, 15) is 8.42 Å². The van der Waals surface area contributed by atoms with Gasteiger partial charge in [-0.25, -0.2) is 0 Å². The van der Waals surface area contributed by atoms with E-state index >= 15 is 0 Å². The molecule has 0 bridgehead atoms. The van der Waals surface area contributed by atoms with Crippen molar-refractivity contribution in [2.45, 2.75) is 38.1 Å². The third kappa shape index (κ3) is 5.95. The number of fused-ring (bicyclic) bond motifs is 1. The van der Waals surface area contributed by atoms with Crippen LogP contribution in [0.1, 0.15) is 41.5 Å². The van der Waals surface area contributed by atoms with Crippen LogP contribution >= 0.6 is 0 Å². The molecule has 0 spiro atoms. The van der Waals surface area contributed by atoms with E-state index in [-0.39, 0.29) is 0 Å². The average molecular weight is 490 g/mol. The van der Waals surface area contributed by atoms with E-state index in [4.69, 9.17) is 8.92 Å². The molecule has 182 valence electrons. The van der Waals surface area contributed by atoms with Gasteiger partial charge in [-0.1, -0.05) is 48.5 Å². The van der Waals surface area contributed by atoms with Crippen molar-refractivity contribution < 1.29 is 17.3 Å². The number of ether oxygens (including phenoxy) is 1. The molecule has 2 aliphatic rings. The number of nitrogens with one attached hydrogen (secondary N) is 1. The molecule has 3 aromatic carbocycles. The van der Waals surface area contributed by atoms with E-state index in [1.165, 1.54) is 35.1 Å². The highest BCUT2D eigenvalue weighted by Gasteiger charge is 2.24. The van der Waals surface area contributed by atoms with E-state index < -0.39 is 10.1 Å². The van der Waals surface area contributed by atoms with Gasteiger partial charge in [-0.3, -0.25) is 0 Å². The molecule has 35 heavy (non-hydrogen) atoms. The normalized spacial score (nSPS) is 17.5. The van der Waals surface area contributed by atoms with Crippen LogP contribution in [0.25, 0.3) is 11.1 Å². The fraction of sp³-hybridized carbons (Fsp3) is 0.310. The van der Waals surface area contributed by atoms with Crippen LogP contribution in [0.4, 0.5) is 0 Å². The van der Waals surface area contributed by atoms with Crippen molar-refractivity contribution in [1.82, 2.24) is 5.32 Å². The first-order valence-corrected chi connectivity index (χ1v) is 14.0. The van der Waals surface area contributed by atoms with Gasteiger partial charge in [0.25, 0.3) is 0 Å². The number of rotatable bonds is 9. The maximum absolute atomic E-state index is 11.6. The molecule has 1 N–H and O–H groups in total. The lowest BCUT2D eigenvalue weighted by Gasteiger charge is -2.13. The van der Waals surface area contributed by atoms with Gasteiger partial charge in [-0.2, -0.15) is 8.42 Å². The Morgan fingerprint density at radius 1 is 0.971 bits per heavy atom. The maximum atomic E-state index is 11.6. The smallest absolute Gasteiger partial charge is 0.306 e. The summed E-state index contributed by atoms with van der Waals surface area (Å²) in [6.45, 7) is 1.85. The molecular weight excluding hydrogens is 458 g/mol. The molecule has 3 aromatic rings. The number of allylic oxidation sites excluding steroid dienone is 2. The maximum Gasteiger partial charge on any atom is 0.306 e. The van der Waals surface area contributed by atoms with Crippen molar-refractivity contribution in [1.29, 1.82) is 0 Å². The van der Waals surface area contributed by atoms with E-state index in [0.29, 0.717) is 11.8 Å². The molecule has 0 aromatic heterocycles. The molecule has 6 heteroatoms. The van der Waals surface area contributed by atoms with Crippen LogP contribution in [0.3, 0.4) is 0 Å². The van der Waals surface area contributed by atoms with Gasteiger partial charge >= 0.3 is 10.1 Å². The standard InChI is InChI=1S/C29H31NO4S/c1-35(31,32)34-26-13-14-27-23(19-26)20-28(22-6-3-2-4-7-22)29(27)18-21-9-11-25(12-10-21)33-17-15-24-8-5-16-30-24/h2-4,6-7,9-14,19,24,30H,5,8,15-18,20H2,1H3. The zero-order valence-corrected chi connectivity index (χ0v) is 20.8. The van der Waals surface area contributed by atoms with Crippen molar-refractivity contribution in [3.63, 3.8) is 0 Å². The number of benzene rings is 3. The second-order valence-electron chi connectivity index (χ2n) is 9.36. The summed E-state index contributed by atoms with van der Waals surface area (Å²) in [5.74, 6) is 1.26. The van der Waals surface area contributed by atoms with Crippen LogP contribution in [0.5, 0.6) is 11.5 Å². The first-order chi connectivity index (χ1) is 16.9. The van der Waals surface area contributed by atoms with Crippen LogP contribution in [0.2, 0.25) is 0 Å². The minimum atomic E-state index is -3.57. The Hall–Kier alpha value is -3.09. The van der Waals surface area contributed by atoms with E-state index in [1.807, 2.05) is 30.3 Å². The fourth-order valence-electron chi connectivity index (χ4n) is 5.04. The summed E-state index contributed by atoms with van der Waals surface area (Å²) in [4.78, 5) is 0. The lowest BCUT2D eigenvalue weighted by molar-refractivity contribution is 0.292. The molecule has 0 saturated carbocycles. The summed E-state index contributed by atoms with van der Waals surface area (Å²) in [5.41, 5.74) is 7.15. The summed E-state index contributed by atoms with van der Waals surface area (Å²) >= 11 is 0. The molecule has 1 aliphatic heterocycles. The lowest BCUT2D eigenvalue weighted by atomic mass is 9.95. The Morgan fingerprint density at radius 3 is 2.46 bits per heavy atom. The van der Waals surface area contributed by atoms with Crippen LogP contribution in [-0.2, 0) is 23.0 Å². The van der Waals surface area contributed by atoms with Gasteiger partial charge in [0.05, 0.1) is 12.9 Å². The quantitative estimate of drug-likeness (QED) is 0.416. The van der Waals surface area contributed by atoms with E-state index in [0.717, 1.165) is 55.5 Å². The van der Waals surface area contributed by atoms with Gasteiger partial charge in [0, 0.05) is 6.04 Å². The minimum absolute atomic E-state index is 0.356. The third-order valence-electron chi connectivity index (χ3n) is 6.70. The van der Waals surface area contributed by atoms with Gasteiger partial charge in [0.1, 0.15) is 11.5 Å². The lowest BCUT2D eigenvalue weighted by Crippen LogP contribution is -2.23. The predicted molar refractivity (Wildman–Crippen MR) is 140 cm³/mol. The molecule has 0 amide bonds. The number of hydrogen-bond donors (Lipinski definition) is 1. The predicted octanol–water partition coefficient (Wildman–Crippen LogP) is 5.26. The van der Waals surface area contributed by atoms with Gasteiger partial charge < -0.3 is 14.2 Å². The summed E-state index contributed by atoms with van der Waals surface area (Å²) in [5, 5.41) is 3.51. The Morgan fingerprint density at radius 2 is 1.74 bits per heavy atom. The first kappa shape index (κ1) is 23.6. The summed E-state index contributed by atoms with van der Waals surface area (Å²) < 4.78 is 34.3. The largest absolute Gasteiger partial charge is 0.494 e. The van der Waals surface area contributed by atoms with Crippen LogP contribution in [0, 0.1) is 0 Å². The molecule has 1 aliphatic carbocycles. The van der Waals surface area contributed by atoms with Gasteiger partial charge in [0.15, 0.2) is 0 Å². The second-order valence-corrected chi connectivity index (χ2v) is 10.9. The van der Waals surface area contributed by atoms with Crippen molar-refractivity contribution in [3.8, 4) is 11.5 Å². The molecule has 1 saturated heterocycles. The van der Waals surface area contributed by atoms with E-state index in [1.54, 1.807) is 6.07 Å². The van der Waals surface area contributed by atoms with Crippen molar-refractivity contribution in [2.24, 2.45) is 0 Å². The molecule has 5 rings (SSSR count). The van der Waals surface area contributed by atoms with Crippen molar-refractivity contribution in [3.05, 3.63) is 95.1 Å². The average Bonchev–Trinajstić information content (AvgIpc) is 3.48. The molecule has 1 atom stereocenters. The molecule has 1 fully saturated rings. The topological polar surface area (TPSA) is 64.6 Å². The number of hydrogen-bond acceptors (Lipinski definition) is 5. The summed E-state index contributed by atoms with van der Waals surface area (Å²) in [7, 11) is -3.57. The minimum Gasteiger partial charge on any atom is -0.494 e. The SMILES string of the molecule is CS(=O)(=O)Oc1ccc2c(c1)CC(c1ccccc1)=C2Cc1ccc(OCCC2CCCN2)cc1. The summed E-state index contributed by atoms with van der Waals surface area (Å²) in [6, 6.07) is 24.9. The van der Waals surface area contributed by atoms with Crippen LogP contribution in [0.15, 0.2) is 72.8 Å². The fourth-order valence-corrected chi connectivity index (χ4v) is 5.50. The Kier molecular flexibility index (Phi) is 6.93. The van der Waals surface area contributed by atoms with Crippen molar-refractivity contribution >= 4 is 21.3 Å². The molecule has 0 radical (unpaired) electrons. The van der Waals surface area contributed by atoms with Crippen molar-refractivity contribution in [2.75, 3.05) is 19.4 Å². The zero-order chi connectivity index (χ0) is 24.3. The monoisotopic (exact) mass is 489 g/mol. The Balaban J connectivity index is 1.35. The van der Waals surface area contributed by atoms with Gasteiger partial charge in [-0.05, 0) is 96.3 Å². The molecule has 5 nitrogen and oxygen atoms in total. The Bertz CT molecular complexity index is 1310. The highest BCUT2D eigenvalue weighted by atomic mass is 32.2. The Labute approximate surface area is 207 Å². The van der Waals surface area contributed by atoms with Crippen LogP contribution < -0.4 is 14.2 Å². The van der Waals surface area contributed by atoms with Gasteiger partial charge in [0.2, 0.25) is 0 Å². The highest BCUT2D eigenvalue weighted by molar-refractivity contribution is 7.86. The highest BCUT2D eigenvalue weighted by Crippen LogP contribution is 2.41. The first-order valence-electron chi connectivity index (χ1n) is 12.2. The molecule has 1 heterocycles. The zero-order valence-electron chi connectivity index (χ0n) is 20.0. The van der Waals surface area contributed by atoms with Gasteiger partial charge in [-0.15, -0.1) is 0 Å². The molecule has 1 unspecified atom stereocenters. The van der Waals surface area contributed by atoms with Crippen LogP contribution in [-0.4, -0.2) is 33.9 Å². The second kappa shape index (κ2) is 10.3. The third-order valence-corrected chi connectivity index (χ3v) is 7.20. The molecular formula is C29H31NO4S. The summed E-state index contributed by atoms with van der Waals surface area (Å²) in [6.07, 6.45) is 6.14.